The van der Waals surface area contributed by atoms with Crippen LogP contribution in [0.3, 0.4) is 0 Å². The number of likely N-dealkylation sites (N-methyl/N-ethyl adjacent to an activating group) is 1. The average molecular weight is 518 g/mol. The lowest BCUT2D eigenvalue weighted by Crippen LogP contribution is -2.37. The lowest BCUT2D eigenvalue weighted by Gasteiger charge is -2.33. The third-order valence-electron chi connectivity index (χ3n) is 6.24. The van der Waals surface area contributed by atoms with Crippen LogP contribution in [0.4, 0.5) is 5.82 Å². The highest BCUT2D eigenvalue weighted by Crippen LogP contribution is 2.35. The molecule has 1 saturated heterocycles. The van der Waals surface area contributed by atoms with Gasteiger partial charge >= 0.3 is 0 Å². The fourth-order valence-electron chi connectivity index (χ4n) is 4.36. The Balaban J connectivity index is 2.10. The Morgan fingerprint density at radius 1 is 1.31 bits per heavy atom. The number of hydrogen-bond acceptors (Lipinski definition) is 9. The lowest BCUT2D eigenvalue weighted by atomic mass is 10.0. The van der Waals surface area contributed by atoms with Crippen LogP contribution < -0.4 is 20.7 Å². The number of aromatic nitrogens is 2. The normalized spacial score (nSPS) is 16.0. The van der Waals surface area contributed by atoms with Crippen LogP contribution in [0, 0.1) is 6.92 Å². The Hall–Kier alpha value is -2.72. The molecule has 36 heavy (non-hydrogen) atoms. The van der Waals surface area contributed by atoms with Crippen molar-refractivity contribution >= 4 is 28.8 Å². The second-order valence-electron chi connectivity index (χ2n) is 9.04. The molecule has 1 aliphatic heterocycles. The number of piperidine rings is 1. The number of halogens is 1. The Kier molecular flexibility index (Phi) is 9.67. The van der Waals surface area contributed by atoms with Crippen LogP contribution in [0.5, 0.6) is 5.75 Å². The fraction of sp³-hybridized carbons (Fsp3) is 0.500. The predicted octanol–water partition coefficient (Wildman–Crippen LogP) is 2.96. The molecule has 1 aliphatic rings. The fourth-order valence-corrected chi connectivity index (χ4v) is 4.57. The number of nitrogens with one attached hydrogen (secondary N) is 1. The number of carbonyl (C=O) groups is 1. The number of Topliss-reactive ketones (excluding diaryl/α,β-unsaturated/α-hetero) is 1. The summed E-state index contributed by atoms with van der Waals surface area (Å²) in [6.45, 7) is 7.13. The van der Waals surface area contributed by atoms with Gasteiger partial charge in [-0.3, -0.25) is 4.79 Å². The third-order valence-corrected chi connectivity index (χ3v) is 6.57. The van der Waals surface area contributed by atoms with Gasteiger partial charge in [-0.25, -0.2) is 9.97 Å². The van der Waals surface area contributed by atoms with Crippen LogP contribution in [-0.2, 0) is 9.53 Å². The molecular formula is C26H36ClN5O4. The largest absolute Gasteiger partial charge is 0.491 e. The molecule has 1 aromatic heterocycles. The summed E-state index contributed by atoms with van der Waals surface area (Å²) in [5.74, 6) is 1.45. The minimum atomic E-state index is -0.659. The van der Waals surface area contributed by atoms with Crippen molar-refractivity contribution in [1.82, 2.24) is 15.3 Å². The minimum Gasteiger partial charge on any atom is -0.491 e. The third kappa shape index (κ3) is 6.53. The first-order valence-corrected chi connectivity index (χ1v) is 12.4. The number of hydrogen-bond donors (Lipinski definition) is 3. The topological polar surface area (TPSA) is 123 Å². The first-order valence-electron chi connectivity index (χ1n) is 12.1. The molecule has 2 heterocycles. The molecule has 10 heteroatoms. The molecule has 0 bridgehead atoms. The maximum atomic E-state index is 12.6. The van der Waals surface area contributed by atoms with Gasteiger partial charge in [-0.05, 0) is 58.9 Å². The van der Waals surface area contributed by atoms with Crippen molar-refractivity contribution in [2.45, 2.75) is 45.8 Å². The first-order chi connectivity index (χ1) is 17.2. The van der Waals surface area contributed by atoms with Crippen LogP contribution in [-0.4, -0.2) is 73.5 Å². The number of nitrogens with two attached hydrogens (primary N) is 1. The van der Waals surface area contributed by atoms with E-state index in [1.165, 1.54) is 6.92 Å². The number of rotatable bonds is 10. The van der Waals surface area contributed by atoms with E-state index in [2.05, 4.69) is 10.2 Å². The number of anilines is 1. The zero-order chi connectivity index (χ0) is 26.4. The van der Waals surface area contributed by atoms with Gasteiger partial charge in [0.2, 0.25) is 0 Å². The zero-order valence-corrected chi connectivity index (χ0v) is 22.4. The summed E-state index contributed by atoms with van der Waals surface area (Å²) in [4.78, 5) is 24.4. The van der Waals surface area contributed by atoms with E-state index in [1.54, 1.807) is 39.3 Å². The van der Waals surface area contributed by atoms with E-state index in [0.717, 1.165) is 37.3 Å². The molecule has 2 aromatic rings. The summed E-state index contributed by atoms with van der Waals surface area (Å²) < 4.78 is 11.3. The standard InChI is InChI=1S/C26H36ClN5O4/c1-15-24(23(16(2)28)17(3)33)30-25(31-26(15)32-10-8-19(35-5)9-11-32)21-12-20(6-7-22(21)27)36-14-18(34)13-29-4/h6-7,12,18-19,29,34H,8-11,13-14,28H2,1-5H3/t18-/m1/s1. The smallest absolute Gasteiger partial charge is 0.163 e. The Morgan fingerprint density at radius 2 is 2.00 bits per heavy atom. The SMILES string of the molecule is CNC[C@@H](O)COc1ccc(Cl)c(-c2nc(C(C(C)=O)=C(C)N)c(C)c(N3CCC(OC)CC3)n2)c1. The van der Waals surface area contributed by atoms with Crippen LogP contribution in [0.25, 0.3) is 17.0 Å². The second kappa shape index (κ2) is 12.5. The molecule has 0 amide bonds. The zero-order valence-electron chi connectivity index (χ0n) is 21.6. The molecule has 4 N–H and O–H groups in total. The molecule has 3 rings (SSSR count). The van der Waals surface area contributed by atoms with E-state index >= 15 is 0 Å². The van der Waals surface area contributed by atoms with Crippen molar-refractivity contribution in [3.05, 3.63) is 40.2 Å². The lowest BCUT2D eigenvalue weighted by molar-refractivity contribution is -0.111. The Labute approximate surface area is 217 Å². The van der Waals surface area contributed by atoms with Crippen LogP contribution >= 0.6 is 11.6 Å². The van der Waals surface area contributed by atoms with Gasteiger partial charge in [0.05, 0.1) is 22.4 Å². The molecule has 0 aliphatic carbocycles. The Morgan fingerprint density at radius 3 is 2.58 bits per heavy atom. The van der Waals surface area contributed by atoms with Crippen molar-refractivity contribution in [2.24, 2.45) is 5.73 Å². The predicted molar refractivity (Wildman–Crippen MR) is 142 cm³/mol. The first kappa shape index (κ1) is 27.9. The molecule has 196 valence electrons. The van der Waals surface area contributed by atoms with Crippen molar-refractivity contribution in [3.8, 4) is 17.1 Å². The van der Waals surface area contributed by atoms with Crippen molar-refractivity contribution in [2.75, 3.05) is 45.3 Å². The summed E-state index contributed by atoms with van der Waals surface area (Å²) in [5.41, 5.74) is 8.71. The van der Waals surface area contributed by atoms with Gasteiger partial charge in [0.25, 0.3) is 0 Å². The highest BCUT2D eigenvalue weighted by molar-refractivity contribution is 6.33. The van der Waals surface area contributed by atoms with Gasteiger partial charge in [-0.1, -0.05) is 11.6 Å². The van der Waals surface area contributed by atoms with Crippen LogP contribution in [0.1, 0.15) is 37.9 Å². The minimum absolute atomic E-state index is 0.116. The summed E-state index contributed by atoms with van der Waals surface area (Å²) in [6.07, 6.45) is 1.29. The number of aliphatic hydroxyl groups is 1. The Bertz CT molecular complexity index is 1110. The van der Waals surface area contributed by atoms with Gasteiger partial charge in [0.15, 0.2) is 11.6 Å². The number of allylic oxidation sites excluding steroid dienone is 2. The van der Waals surface area contributed by atoms with Crippen molar-refractivity contribution in [1.29, 1.82) is 0 Å². The second-order valence-corrected chi connectivity index (χ2v) is 9.45. The van der Waals surface area contributed by atoms with E-state index in [4.69, 9.17) is 36.8 Å². The van der Waals surface area contributed by atoms with Crippen LogP contribution in [0.15, 0.2) is 23.9 Å². The quantitative estimate of drug-likeness (QED) is 0.408. The maximum absolute atomic E-state index is 12.6. The summed E-state index contributed by atoms with van der Waals surface area (Å²) in [5, 5.41) is 13.3. The average Bonchev–Trinajstić information content (AvgIpc) is 2.84. The van der Waals surface area contributed by atoms with Gasteiger partial charge < -0.3 is 30.5 Å². The van der Waals surface area contributed by atoms with E-state index < -0.39 is 6.10 Å². The number of nitrogens with zero attached hydrogens (tertiary/aromatic N) is 3. The van der Waals surface area contributed by atoms with Crippen molar-refractivity contribution < 1.29 is 19.4 Å². The maximum Gasteiger partial charge on any atom is 0.163 e. The molecule has 0 saturated carbocycles. The van der Waals surface area contributed by atoms with E-state index in [0.29, 0.717) is 45.7 Å². The van der Waals surface area contributed by atoms with E-state index in [9.17, 15) is 9.90 Å². The summed E-state index contributed by atoms with van der Waals surface area (Å²) in [7, 11) is 3.49. The highest BCUT2D eigenvalue weighted by atomic mass is 35.5. The molecule has 0 unspecified atom stereocenters. The molecule has 1 atom stereocenters. The number of carbonyl (C=O) groups excluding carboxylic acids is 1. The molecule has 1 fully saturated rings. The molecule has 9 nitrogen and oxygen atoms in total. The van der Waals surface area contributed by atoms with Gasteiger partial charge in [0, 0.05) is 43.6 Å². The molecule has 0 radical (unpaired) electrons. The van der Waals surface area contributed by atoms with Gasteiger partial charge in [0.1, 0.15) is 24.3 Å². The summed E-state index contributed by atoms with van der Waals surface area (Å²) >= 11 is 6.59. The number of benzene rings is 1. The molecular weight excluding hydrogens is 482 g/mol. The monoisotopic (exact) mass is 517 g/mol. The van der Waals surface area contributed by atoms with Gasteiger partial charge in [-0.15, -0.1) is 0 Å². The van der Waals surface area contributed by atoms with Crippen LogP contribution in [0.2, 0.25) is 5.02 Å². The number of ether oxygens (including phenoxy) is 2. The number of ketones is 1. The highest BCUT2D eigenvalue weighted by Gasteiger charge is 2.26. The summed E-state index contributed by atoms with van der Waals surface area (Å²) in [6, 6.07) is 5.18. The van der Waals surface area contributed by atoms with Crippen molar-refractivity contribution in [3.63, 3.8) is 0 Å². The molecule has 1 aromatic carbocycles. The molecule has 0 spiro atoms. The van der Waals surface area contributed by atoms with Gasteiger partial charge in [-0.2, -0.15) is 0 Å². The number of methoxy groups -OCH3 is 1. The number of aliphatic hydroxyl groups excluding tert-OH is 1. The van der Waals surface area contributed by atoms with E-state index in [1.807, 2.05) is 6.92 Å². The van der Waals surface area contributed by atoms with E-state index in [-0.39, 0.29) is 18.5 Å².